The first kappa shape index (κ1) is 22.9. The summed E-state index contributed by atoms with van der Waals surface area (Å²) in [6.45, 7) is 9.13. The normalized spacial score (nSPS) is 12.3. The van der Waals surface area contributed by atoms with Crippen molar-refractivity contribution >= 4 is 18.3 Å². The van der Waals surface area contributed by atoms with Crippen molar-refractivity contribution in [3.8, 4) is 11.5 Å². The van der Waals surface area contributed by atoms with Crippen LogP contribution in [-0.2, 0) is 16.1 Å². The van der Waals surface area contributed by atoms with Crippen LogP contribution in [0.5, 0.6) is 11.5 Å². The molecule has 0 radical (unpaired) electrons. The quantitative estimate of drug-likeness (QED) is 0.187. The lowest BCUT2D eigenvalue weighted by Gasteiger charge is -2.11. The Balaban J connectivity index is 2.07. The molecule has 0 amide bonds. The van der Waals surface area contributed by atoms with Crippen molar-refractivity contribution in [2.75, 3.05) is 7.11 Å². The van der Waals surface area contributed by atoms with Crippen molar-refractivity contribution in [2.45, 2.75) is 46.8 Å². The second-order valence-electron chi connectivity index (χ2n) is 7.74. The molecule has 0 unspecified atom stereocenters. The van der Waals surface area contributed by atoms with Crippen molar-refractivity contribution < 1.29 is 29.3 Å². The van der Waals surface area contributed by atoms with Gasteiger partial charge in [-0.1, -0.05) is 6.07 Å². The Morgan fingerprint density at radius 3 is 2.53 bits per heavy atom. The highest BCUT2D eigenvalue weighted by Crippen LogP contribution is 2.26. The number of hydrogen-bond acceptors (Lipinski definition) is 7. The van der Waals surface area contributed by atoms with Gasteiger partial charge >= 0.3 is 5.97 Å². The van der Waals surface area contributed by atoms with Gasteiger partial charge in [0.25, 0.3) is 0 Å². The summed E-state index contributed by atoms with van der Waals surface area (Å²) in [4.78, 5) is 21.0. The number of carbonyl (C=O) groups is 1. The van der Waals surface area contributed by atoms with E-state index in [-0.39, 0.29) is 12.4 Å². The molecule has 0 atom stereocenters. The third-order valence-electron chi connectivity index (χ3n) is 4.28. The van der Waals surface area contributed by atoms with E-state index in [1.54, 1.807) is 32.1 Å². The predicted molar refractivity (Wildman–Crippen MR) is 112 cm³/mol. The van der Waals surface area contributed by atoms with E-state index in [2.05, 4.69) is 9.97 Å². The first-order valence-corrected chi connectivity index (χ1v) is 9.40. The molecule has 2 N–H and O–H groups in total. The Bertz CT molecular complexity index is 991. The highest BCUT2D eigenvalue weighted by Gasteiger charge is 2.25. The average molecular weight is 414 g/mol. The molecule has 2 rings (SSSR count). The number of aromatic nitrogens is 2. The van der Waals surface area contributed by atoms with E-state index in [9.17, 15) is 15.1 Å². The van der Waals surface area contributed by atoms with Gasteiger partial charge in [0, 0.05) is 26.8 Å². The van der Waals surface area contributed by atoms with Gasteiger partial charge in [-0.05, 0) is 42.4 Å². The maximum atomic E-state index is 12.0. The van der Waals surface area contributed by atoms with Crippen LogP contribution in [0.15, 0.2) is 24.3 Å². The molecule has 0 aliphatic rings. The second kappa shape index (κ2) is 9.39. The van der Waals surface area contributed by atoms with Gasteiger partial charge in [-0.2, -0.15) is 0 Å². The minimum absolute atomic E-state index is 0.0224. The van der Waals surface area contributed by atoms with Crippen molar-refractivity contribution in [2.24, 2.45) is 0 Å². The van der Waals surface area contributed by atoms with Gasteiger partial charge in [-0.25, -0.2) is 9.78 Å². The fourth-order valence-corrected chi connectivity index (χ4v) is 2.38. The summed E-state index contributed by atoms with van der Waals surface area (Å²) in [7, 11) is 1.45. The molecule has 0 spiro atoms. The molecular weight excluding hydrogens is 386 g/mol. The molecule has 30 heavy (non-hydrogen) atoms. The summed E-state index contributed by atoms with van der Waals surface area (Å²) in [5.74, 6) is -0.198. The van der Waals surface area contributed by atoms with Crippen LogP contribution < -0.4 is 4.74 Å². The molecule has 0 aliphatic heterocycles. The van der Waals surface area contributed by atoms with E-state index in [0.717, 1.165) is 4.74 Å². The summed E-state index contributed by atoms with van der Waals surface area (Å²) in [6.07, 6.45) is 4.38. The Morgan fingerprint density at radius 2 is 1.90 bits per heavy atom. The molecule has 1 aromatic carbocycles. The van der Waals surface area contributed by atoms with Gasteiger partial charge in [0.05, 0.1) is 24.2 Å². The van der Waals surface area contributed by atoms with Crippen LogP contribution in [0.1, 0.15) is 49.1 Å². The van der Waals surface area contributed by atoms with Crippen molar-refractivity contribution in [1.82, 2.24) is 9.97 Å². The zero-order chi connectivity index (χ0) is 22.5. The van der Waals surface area contributed by atoms with Crippen molar-refractivity contribution in [3.63, 3.8) is 0 Å². The van der Waals surface area contributed by atoms with Crippen LogP contribution in [0.25, 0.3) is 6.08 Å². The molecule has 1 heterocycles. The highest BCUT2D eigenvalue weighted by molar-refractivity contribution is 5.87. The number of hydrogen-bond donors (Lipinski definition) is 2. The van der Waals surface area contributed by atoms with Gasteiger partial charge < -0.3 is 14.6 Å². The van der Waals surface area contributed by atoms with E-state index in [1.807, 2.05) is 20.8 Å². The van der Waals surface area contributed by atoms with Crippen molar-refractivity contribution in [1.29, 1.82) is 0 Å². The average Bonchev–Trinajstić information content (AvgIpc) is 2.67. The van der Waals surface area contributed by atoms with Crippen LogP contribution in [0.3, 0.4) is 0 Å². The Hall–Kier alpha value is -3.42. The van der Waals surface area contributed by atoms with E-state index in [0.29, 0.717) is 34.1 Å². The van der Waals surface area contributed by atoms with Gasteiger partial charge in [0.15, 0.2) is 17.2 Å². The number of esters is 1. The number of benzene rings is 1. The van der Waals surface area contributed by atoms with Gasteiger partial charge in [-0.15, -0.1) is 0 Å². The molecule has 0 saturated heterocycles. The zero-order valence-corrected chi connectivity index (χ0v) is 18.1. The standard InChI is InChI=1S/C22H27N3O5/c1-14-17(12-25(28)22(3,4)5)23-15(2)18(24-14)13-30-21(27)10-8-16-7-9-19(26)20(11-16)29-6/h7-12H,13H2,1-6H3,(H-,23,26,27,28)/p+1. The number of ether oxygens (including phenoxy) is 2. The number of nitrogens with zero attached hydrogens (tertiary/aromatic N) is 3. The summed E-state index contributed by atoms with van der Waals surface area (Å²) in [5, 5.41) is 19.7. The Kier molecular flexibility index (Phi) is 7.15. The number of phenols is 1. The molecule has 8 heteroatoms. The molecule has 160 valence electrons. The summed E-state index contributed by atoms with van der Waals surface area (Å²) >= 11 is 0. The number of phenolic OH excluding ortho intramolecular Hbond substituents is 1. The fraction of sp³-hybridized carbons (Fsp3) is 0.364. The van der Waals surface area contributed by atoms with Gasteiger partial charge in [0.1, 0.15) is 6.61 Å². The van der Waals surface area contributed by atoms with Crippen LogP contribution in [0, 0.1) is 13.8 Å². The molecule has 0 fully saturated rings. The molecular formula is C22H28N3O5+. The number of carbonyl (C=O) groups excluding carboxylic acids is 1. The number of aromatic hydroxyl groups is 1. The summed E-state index contributed by atoms with van der Waals surface area (Å²) < 4.78 is 11.4. The van der Waals surface area contributed by atoms with Crippen LogP contribution in [0.4, 0.5) is 0 Å². The minimum atomic E-state index is -0.536. The molecule has 2 aromatic rings. The monoisotopic (exact) mass is 414 g/mol. The van der Waals surface area contributed by atoms with Crippen LogP contribution >= 0.6 is 0 Å². The molecule has 8 nitrogen and oxygen atoms in total. The lowest BCUT2D eigenvalue weighted by molar-refractivity contribution is -0.816. The first-order valence-electron chi connectivity index (χ1n) is 9.40. The fourth-order valence-electron chi connectivity index (χ4n) is 2.38. The molecule has 0 bridgehead atoms. The largest absolute Gasteiger partial charge is 0.504 e. The Labute approximate surface area is 176 Å². The second-order valence-corrected chi connectivity index (χ2v) is 7.74. The topological polar surface area (TPSA) is 105 Å². The van der Waals surface area contributed by atoms with Gasteiger partial charge in [-0.3, -0.25) is 10.2 Å². The minimum Gasteiger partial charge on any atom is -0.504 e. The number of methoxy groups -OCH3 is 1. The lowest BCUT2D eigenvalue weighted by atomic mass is 10.1. The lowest BCUT2D eigenvalue weighted by Crippen LogP contribution is -2.31. The predicted octanol–water partition coefficient (Wildman–Crippen LogP) is 3.18. The number of rotatable bonds is 6. The van der Waals surface area contributed by atoms with E-state index < -0.39 is 11.5 Å². The van der Waals surface area contributed by atoms with E-state index in [1.165, 1.54) is 25.5 Å². The first-order chi connectivity index (χ1) is 14.0. The van der Waals surface area contributed by atoms with Crippen LogP contribution in [0.2, 0.25) is 0 Å². The third kappa shape index (κ3) is 6.04. The summed E-state index contributed by atoms with van der Waals surface area (Å²) in [5.41, 5.74) is 2.51. The number of hydroxylamine groups is 1. The maximum absolute atomic E-state index is 12.0. The third-order valence-corrected chi connectivity index (χ3v) is 4.28. The van der Waals surface area contributed by atoms with Gasteiger partial charge in [0.2, 0.25) is 11.8 Å². The maximum Gasteiger partial charge on any atom is 0.331 e. The smallest absolute Gasteiger partial charge is 0.331 e. The summed E-state index contributed by atoms with van der Waals surface area (Å²) in [6, 6.07) is 4.74. The van der Waals surface area contributed by atoms with E-state index >= 15 is 0 Å². The molecule has 0 aliphatic carbocycles. The highest BCUT2D eigenvalue weighted by atomic mass is 16.5. The molecule has 1 aromatic heterocycles. The SMILES string of the molecule is COc1cc(/C=C/C(=O)OCc2nc(C)c(/C=[N+](\O)C(C)(C)C)nc2C)ccc1O. The zero-order valence-electron chi connectivity index (χ0n) is 18.1. The van der Waals surface area contributed by atoms with Crippen LogP contribution in [-0.4, -0.2) is 49.9 Å². The Morgan fingerprint density at radius 1 is 1.20 bits per heavy atom. The molecule has 0 saturated carbocycles. The number of aryl methyl sites for hydroxylation is 2. The van der Waals surface area contributed by atoms with E-state index in [4.69, 9.17) is 9.47 Å². The van der Waals surface area contributed by atoms with Crippen molar-refractivity contribution in [3.05, 3.63) is 52.6 Å².